The molecule has 6 heteroatoms. The predicted octanol–water partition coefficient (Wildman–Crippen LogP) is 2.66. The molecule has 0 N–H and O–H groups in total. The molecule has 0 aliphatic carbocycles. The Balaban J connectivity index is 3.76. The van der Waals surface area contributed by atoms with Gasteiger partial charge in [0.05, 0.1) is 12.5 Å². The first-order chi connectivity index (χ1) is 6.35. The molecule has 0 amide bonds. The lowest BCUT2D eigenvalue weighted by molar-refractivity contribution is -0.148. The van der Waals surface area contributed by atoms with E-state index in [0.717, 1.165) is 6.29 Å². The van der Waals surface area contributed by atoms with Crippen molar-refractivity contribution in [2.24, 2.45) is 0 Å². The number of ether oxygens (including phenoxy) is 1. The molecule has 0 fully saturated rings. The molecular weight excluding hydrogens is 250 g/mol. The molecule has 14 heavy (non-hydrogen) atoms. The summed E-state index contributed by atoms with van der Waals surface area (Å²) in [5, 5.41) is 0. The van der Waals surface area contributed by atoms with Crippen LogP contribution >= 0.6 is 34.8 Å². The van der Waals surface area contributed by atoms with Crippen molar-refractivity contribution in [1.29, 1.82) is 0 Å². The quantitative estimate of drug-likeness (QED) is 0.434. The number of carbonyl (C=O) groups is 2. The molecule has 0 saturated carbocycles. The highest BCUT2D eigenvalue weighted by atomic mass is 35.6. The van der Waals surface area contributed by atoms with E-state index in [1.165, 1.54) is 0 Å². The van der Waals surface area contributed by atoms with Gasteiger partial charge in [-0.2, -0.15) is 0 Å². The monoisotopic (exact) mass is 260 g/mol. The average Bonchev–Trinajstić information content (AvgIpc) is 1.96. The van der Waals surface area contributed by atoms with E-state index in [4.69, 9.17) is 39.5 Å². The zero-order valence-electron chi connectivity index (χ0n) is 7.63. The Bertz CT molecular complexity index is 200. The fraction of sp³-hybridized carbons (Fsp3) is 0.750. The van der Waals surface area contributed by atoms with Gasteiger partial charge in [-0.05, 0) is 13.3 Å². The van der Waals surface area contributed by atoms with Gasteiger partial charge in [0.15, 0.2) is 0 Å². The van der Waals surface area contributed by atoms with Gasteiger partial charge in [-0.1, -0.05) is 34.8 Å². The fourth-order valence-corrected chi connectivity index (χ4v) is 1.12. The van der Waals surface area contributed by atoms with Crippen LogP contribution in [0.5, 0.6) is 0 Å². The van der Waals surface area contributed by atoms with E-state index in [1.807, 2.05) is 0 Å². The van der Waals surface area contributed by atoms with Gasteiger partial charge >= 0.3 is 5.97 Å². The van der Waals surface area contributed by atoms with Crippen LogP contribution in [0.3, 0.4) is 0 Å². The van der Waals surface area contributed by atoms with Crippen LogP contribution in [0.4, 0.5) is 0 Å². The lowest BCUT2D eigenvalue weighted by Crippen LogP contribution is -2.19. The summed E-state index contributed by atoms with van der Waals surface area (Å²) in [5.41, 5.74) is 0. The summed E-state index contributed by atoms with van der Waals surface area (Å²) in [6.45, 7) is 1.68. The molecule has 0 heterocycles. The summed E-state index contributed by atoms with van der Waals surface area (Å²) >= 11 is 16.2. The molecule has 0 aliphatic rings. The van der Waals surface area contributed by atoms with Gasteiger partial charge in [-0.25, -0.2) is 0 Å². The summed E-state index contributed by atoms with van der Waals surface area (Å²) in [6, 6.07) is 0. The molecular formula is C8H11Cl3O3. The predicted molar refractivity (Wildman–Crippen MR) is 55.8 cm³/mol. The maximum absolute atomic E-state index is 11.1. The Morgan fingerprint density at radius 2 is 2.07 bits per heavy atom. The van der Waals surface area contributed by atoms with Gasteiger partial charge in [0.2, 0.25) is 3.79 Å². The minimum Gasteiger partial charge on any atom is -0.463 e. The topological polar surface area (TPSA) is 43.4 Å². The molecule has 0 rings (SSSR count). The van der Waals surface area contributed by atoms with Gasteiger partial charge in [-0.15, -0.1) is 0 Å². The Hall–Kier alpha value is 0.01000. The Morgan fingerprint density at radius 3 is 2.50 bits per heavy atom. The molecule has 0 aromatic carbocycles. The molecule has 1 unspecified atom stereocenters. The molecule has 0 radical (unpaired) electrons. The first kappa shape index (κ1) is 14.0. The van der Waals surface area contributed by atoms with Crippen molar-refractivity contribution >= 4 is 47.1 Å². The molecule has 1 atom stereocenters. The number of carbonyl (C=O) groups excluding carboxylic acids is 2. The number of halogens is 3. The smallest absolute Gasteiger partial charge is 0.310 e. The number of hydrogen-bond acceptors (Lipinski definition) is 3. The number of rotatable bonds is 5. The van der Waals surface area contributed by atoms with Crippen molar-refractivity contribution in [3.05, 3.63) is 0 Å². The summed E-state index contributed by atoms with van der Waals surface area (Å²) < 4.78 is 3.25. The van der Waals surface area contributed by atoms with Gasteiger partial charge in [-0.3, -0.25) is 4.79 Å². The Kier molecular flexibility index (Phi) is 6.49. The largest absolute Gasteiger partial charge is 0.463 e. The molecule has 0 saturated heterocycles. The summed E-state index contributed by atoms with van der Waals surface area (Å²) in [7, 11) is 0. The maximum Gasteiger partial charge on any atom is 0.310 e. The second-order valence-electron chi connectivity index (χ2n) is 2.84. The van der Waals surface area contributed by atoms with Crippen molar-refractivity contribution in [2.75, 3.05) is 0 Å². The van der Waals surface area contributed by atoms with Gasteiger partial charge < -0.3 is 9.53 Å². The first-order valence-electron chi connectivity index (χ1n) is 4.05. The third kappa shape index (κ3) is 8.60. The standard InChI is InChI=1S/C8H11Cl3O3/c1-6(3-2-4-12)14-7(13)5-8(9,10)11/h4,6H,2-3,5H2,1H3. The summed E-state index contributed by atoms with van der Waals surface area (Å²) in [4.78, 5) is 21.1. The van der Waals surface area contributed by atoms with Crippen LogP contribution in [0.15, 0.2) is 0 Å². The highest BCUT2D eigenvalue weighted by molar-refractivity contribution is 6.68. The van der Waals surface area contributed by atoms with Crippen LogP contribution < -0.4 is 0 Å². The van der Waals surface area contributed by atoms with Crippen molar-refractivity contribution in [3.63, 3.8) is 0 Å². The molecule has 3 nitrogen and oxygen atoms in total. The fourth-order valence-electron chi connectivity index (χ4n) is 0.791. The second-order valence-corrected chi connectivity index (χ2v) is 5.35. The van der Waals surface area contributed by atoms with E-state index in [9.17, 15) is 9.59 Å². The Labute approximate surface area is 97.6 Å². The highest BCUT2D eigenvalue weighted by Crippen LogP contribution is 2.30. The molecule has 0 aliphatic heterocycles. The van der Waals surface area contributed by atoms with Crippen LogP contribution in [0.2, 0.25) is 0 Å². The van der Waals surface area contributed by atoms with E-state index in [1.54, 1.807) is 6.92 Å². The average molecular weight is 262 g/mol. The SMILES string of the molecule is CC(CCC=O)OC(=O)CC(Cl)(Cl)Cl. The zero-order chi connectivity index (χ0) is 11.2. The number of esters is 1. The molecule has 0 bridgehead atoms. The van der Waals surface area contributed by atoms with Crippen LogP contribution in [0.1, 0.15) is 26.2 Å². The van der Waals surface area contributed by atoms with E-state index >= 15 is 0 Å². The number of aldehydes is 1. The van der Waals surface area contributed by atoms with E-state index in [2.05, 4.69) is 0 Å². The van der Waals surface area contributed by atoms with Gasteiger partial charge in [0.25, 0.3) is 0 Å². The van der Waals surface area contributed by atoms with E-state index < -0.39 is 9.76 Å². The second kappa shape index (κ2) is 6.49. The van der Waals surface area contributed by atoms with Crippen molar-refractivity contribution < 1.29 is 14.3 Å². The van der Waals surface area contributed by atoms with E-state index in [0.29, 0.717) is 12.8 Å². The molecule has 0 spiro atoms. The van der Waals surface area contributed by atoms with Crippen molar-refractivity contribution in [3.8, 4) is 0 Å². The summed E-state index contributed by atoms with van der Waals surface area (Å²) in [5.74, 6) is -0.580. The number of alkyl halides is 3. The third-order valence-corrected chi connectivity index (χ3v) is 1.77. The maximum atomic E-state index is 11.1. The van der Waals surface area contributed by atoms with Crippen molar-refractivity contribution in [2.45, 2.75) is 36.1 Å². The van der Waals surface area contributed by atoms with Crippen LogP contribution in [-0.4, -0.2) is 22.2 Å². The lowest BCUT2D eigenvalue weighted by Gasteiger charge is -2.14. The molecule has 82 valence electrons. The highest BCUT2D eigenvalue weighted by Gasteiger charge is 2.25. The minimum absolute atomic E-state index is 0.289. The van der Waals surface area contributed by atoms with E-state index in [-0.39, 0.29) is 12.5 Å². The van der Waals surface area contributed by atoms with Gasteiger partial charge in [0, 0.05) is 6.42 Å². The zero-order valence-corrected chi connectivity index (χ0v) is 9.90. The molecule has 0 aromatic rings. The van der Waals surface area contributed by atoms with Crippen molar-refractivity contribution in [1.82, 2.24) is 0 Å². The van der Waals surface area contributed by atoms with Gasteiger partial charge in [0.1, 0.15) is 6.29 Å². The minimum atomic E-state index is -1.62. The van der Waals surface area contributed by atoms with Crippen LogP contribution in [-0.2, 0) is 14.3 Å². The van der Waals surface area contributed by atoms with Crippen LogP contribution in [0.25, 0.3) is 0 Å². The molecule has 0 aromatic heterocycles. The Morgan fingerprint density at radius 1 is 1.50 bits per heavy atom. The lowest BCUT2D eigenvalue weighted by atomic mass is 10.2. The normalized spacial score (nSPS) is 13.4. The van der Waals surface area contributed by atoms with Crippen LogP contribution in [0, 0.1) is 0 Å². The third-order valence-electron chi connectivity index (χ3n) is 1.37. The summed E-state index contributed by atoms with van der Waals surface area (Å²) in [6.07, 6.45) is 0.972. The number of hydrogen-bond donors (Lipinski definition) is 0. The first-order valence-corrected chi connectivity index (χ1v) is 5.18.